The number of aryl methyl sites for hydroxylation is 1. The normalized spacial score (nSPS) is 16.0. The molecule has 2 rings (SSSR count). The fourth-order valence-corrected chi connectivity index (χ4v) is 2.23. The topological polar surface area (TPSA) is 52.7 Å². The van der Waals surface area contributed by atoms with Crippen LogP contribution in [-0.4, -0.2) is 54.3 Å². The van der Waals surface area contributed by atoms with Gasteiger partial charge < -0.3 is 15.1 Å². The molecule has 0 radical (unpaired) electrons. The lowest BCUT2D eigenvalue weighted by Gasteiger charge is -2.33. The highest BCUT2D eigenvalue weighted by Gasteiger charge is 2.25. The van der Waals surface area contributed by atoms with E-state index in [1.54, 1.807) is 17.0 Å². The van der Waals surface area contributed by atoms with E-state index in [9.17, 15) is 9.59 Å². The first-order valence-electron chi connectivity index (χ1n) is 6.99. The average molecular weight is 275 g/mol. The van der Waals surface area contributed by atoms with Gasteiger partial charge in [-0.25, -0.2) is 0 Å². The largest absolute Gasteiger partial charge is 0.332 e. The predicted octanol–water partition coefficient (Wildman–Crippen LogP) is 1.10. The lowest BCUT2D eigenvalue weighted by atomic mass is 10.2. The van der Waals surface area contributed by atoms with Crippen LogP contribution < -0.4 is 5.32 Å². The summed E-state index contributed by atoms with van der Waals surface area (Å²) >= 11 is 0. The Morgan fingerprint density at radius 3 is 2.25 bits per heavy atom. The summed E-state index contributed by atoms with van der Waals surface area (Å²) < 4.78 is 0. The first kappa shape index (κ1) is 14.5. The number of nitrogens with one attached hydrogen (secondary N) is 1. The second-order valence-electron chi connectivity index (χ2n) is 5.05. The SMILES string of the molecule is CCN1CCN(C(=O)C(=O)Nc2ccc(C)cc2)CC1. The van der Waals surface area contributed by atoms with Gasteiger partial charge in [0, 0.05) is 31.9 Å². The fraction of sp³-hybridized carbons (Fsp3) is 0.467. The number of anilines is 1. The van der Waals surface area contributed by atoms with Crippen molar-refractivity contribution in [2.45, 2.75) is 13.8 Å². The van der Waals surface area contributed by atoms with Crippen LogP contribution in [0, 0.1) is 6.92 Å². The Morgan fingerprint density at radius 1 is 1.10 bits per heavy atom. The lowest BCUT2D eigenvalue weighted by Crippen LogP contribution is -2.51. The highest BCUT2D eigenvalue weighted by atomic mass is 16.2. The highest BCUT2D eigenvalue weighted by molar-refractivity contribution is 6.39. The van der Waals surface area contributed by atoms with Gasteiger partial charge in [0.2, 0.25) is 0 Å². The number of hydrogen-bond donors (Lipinski definition) is 1. The highest BCUT2D eigenvalue weighted by Crippen LogP contribution is 2.09. The molecule has 1 aliphatic heterocycles. The number of carbonyl (C=O) groups is 2. The number of benzene rings is 1. The molecule has 1 heterocycles. The Balaban J connectivity index is 1.89. The van der Waals surface area contributed by atoms with Crippen molar-refractivity contribution in [3.05, 3.63) is 29.8 Å². The summed E-state index contributed by atoms with van der Waals surface area (Å²) in [6.45, 7) is 7.96. The van der Waals surface area contributed by atoms with Crippen LogP contribution in [0.15, 0.2) is 24.3 Å². The number of hydrogen-bond acceptors (Lipinski definition) is 3. The third-order valence-electron chi connectivity index (χ3n) is 3.61. The van der Waals surface area contributed by atoms with Crippen LogP contribution in [0.1, 0.15) is 12.5 Å². The van der Waals surface area contributed by atoms with E-state index in [2.05, 4.69) is 17.1 Å². The van der Waals surface area contributed by atoms with E-state index in [0.717, 1.165) is 25.2 Å². The van der Waals surface area contributed by atoms with Crippen molar-refractivity contribution in [1.29, 1.82) is 0 Å². The van der Waals surface area contributed by atoms with Gasteiger partial charge in [0.05, 0.1) is 0 Å². The molecule has 0 atom stereocenters. The van der Waals surface area contributed by atoms with E-state index in [1.165, 1.54) is 0 Å². The summed E-state index contributed by atoms with van der Waals surface area (Å²) in [5.74, 6) is -1.000. The zero-order valence-corrected chi connectivity index (χ0v) is 12.1. The number of amides is 2. The Bertz CT molecular complexity index is 476. The minimum Gasteiger partial charge on any atom is -0.332 e. The molecule has 1 N–H and O–H groups in total. The molecule has 1 fully saturated rings. The molecule has 0 spiro atoms. The monoisotopic (exact) mass is 275 g/mol. The number of likely N-dealkylation sites (N-methyl/N-ethyl adjacent to an activating group) is 1. The molecule has 1 aromatic rings. The summed E-state index contributed by atoms with van der Waals surface area (Å²) in [6, 6.07) is 7.41. The molecule has 108 valence electrons. The molecule has 2 amide bonds. The van der Waals surface area contributed by atoms with Crippen LogP contribution in [0.5, 0.6) is 0 Å². The third-order valence-corrected chi connectivity index (χ3v) is 3.61. The van der Waals surface area contributed by atoms with E-state index in [4.69, 9.17) is 0 Å². The Morgan fingerprint density at radius 2 is 1.70 bits per heavy atom. The van der Waals surface area contributed by atoms with Crippen molar-refractivity contribution in [3.63, 3.8) is 0 Å². The summed E-state index contributed by atoms with van der Waals surface area (Å²) in [5, 5.41) is 2.65. The van der Waals surface area contributed by atoms with Crippen molar-refractivity contribution in [1.82, 2.24) is 9.80 Å². The van der Waals surface area contributed by atoms with Crippen LogP contribution in [0.25, 0.3) is 0 Å². The molecule has 0 bridgehead atoms. The van der Waals surface area contributed by atoms with Gasteiger partial charge in [-0.1, -0.05) is 24.6 Å². The molecule has 1 aliphatic rings. The first-order chi connectivity index (χ1) is 9.60. The van der Waals surface area contributed by atoms with Gasteiger partial charge in [-0.3, -0.25) is 9.59 Å². The second kappa shape index (κ2) is 6.52. The molecule has 0 aliphatic carbocycles. The molecule has 1 saturated heterocycles. The summed E-state index contributed by atoms with van der Waals surface area (Å²) in [6.07, 6.45) is 0. The summed E-state index contributed by atoms with van der Waals surface area (Å²) in [4.78, 5) is 27.9. The molecule has 0 unspecified atom stereocenters. The van der Waals surface area contributed by atoms with Gasteiger partial charge in [-0.15, -0.1) is 0 Å². The maximum Gasteiger partial charge on any atom is 0.313 e. The molecule has 1 aromatic carbocycles. The minimum atomic E-state index is -0.557. The molecule has 5 heteroatoms. The van der Waals surface area contributed by atoms with E-state index in [-0.39, 0.29) is 0 Å². The van der Waals surface area contributed by atoms with Gasteiger partial charge in [0.15, 0.2) is 0 Å². The third kappa shape index (κ3) is 3.57. The zero-order chi connectivity index (χ0) is 14.5. The second-order valence-corrected chi connectivity index (χ2v) is 5.05. The Kier molecular flexibility index (Phi) is 4.74. The smallest absolute Gasteiger partial charge is 0.313 e. The summed E-state index contributed by atoms with van der Waals surface area (Å²) in [5.41, 5.74) is 1.77. The van der Waals surface area contributed by atoms with Crippen molar-refractivity contribution >= 4 is 17.5 Å². The van der Waals surface area contributed by atoms with Crippen molar-refractivity contribution in [2.75, 3.05) is 38.0 Å². The maximum absolute atomic E-state index is 12.1. The first-order valence-corrected chi connectivity index (χ1v) is 6.99. The standard InChI is InChI=1S/C15H21N3O2/c1-3-17-8-10-18(11-9-17)15(20)14(19)16-13-6-4-12(2)5-7-13/h4-7H,3,8-11H2,1-2H3,(H,16,19). The van der Waals surface area contributed by atoms with Gasteiger partial charge in [-0.05, 0) is 25.6 Å². The maximum atomic E-state index is 12.1. The molecular weight excluding hydrogens is 254 g/mol. The molecule has 0 saturated carbocycles. The van der Waals surface area contributed by atoms with E-state index < -0.39 is 11.8 Å². The van der Waals surface area contributed by atoms with Crippen LogP contribution in [0.3, 0.4) is 0 Å². The average Bonchev–Trinajstić information content (AvgIpc) is 2.49. The van der Waals surface area contributed by atoms with Crippen LogP contribution in [-0.2, 0) is 9.59 Å². The molecule has 0 aromatic heterocycles. The lowest BCUT2D eigenvalue weighted by molar-refractivity contribution is -0.144. The Labute approximate surface area is 119 Å². The number of rotatable bonds is 2. The Hall–Kier alpha value is -1.88. The number of piperazine rings is 1. The molecular formula is C15H21N3O2. The van der Waals surface area contributed by atoms with Gasteiger partial charge in [0.1, 0.15) is 0 Å². The fourth-order valence-electron chi connectivity index (χ4n) is 2.23. The predicted molar refractivity (Wildman–Crippen MR) is 78.5 cm³/mol. The molecule has 5 nitrogen and oxygen atoms in total. The van der Waals surface area contributed by atoms with Crippen LogP contribution in [0.4, 0.5) is 5.69 Å². The van der Waals surface area contributed by atoms with E-state index in [1.807, 2.05) is 19.1 Å². The van der Waals surface area contributed by atoms with Crippen LogP contribution in [0.2, 0.25) is 0 Å². The van der Waals surface area contributed by atoms with Gasteiger partial charge in [0.25, 0.3) is 0 Å². The van der Waals surface area contributed by atoms with Crippen molar-refractivity contribution in [3.8, 4) is 0 Å². The van der Waals surface area contributed by atoms with Crippen molar-refractivity contribution < 1.29 is 9.59 Å². The van der Waals surface area contributed by atoms with Crippen molar-refractivity contribution in [2.24, 2.45) is 0 Å². The zero-order valence-electron chi connectivity index (χ0n) is 12.1. The van der Waals surface area contributed by atoms with E-state index >= 15 is 0 Å². The van der Waals surface area contributed by atoms with Gasteiger partial charge in [-0.2, -0.15) is 0 Å². The summed E-state index contributed by atoms with van der Waals surface area (Å²) in [7, 11) is 0. The quantitative estimate of drug-likeness (QED) is 0.822. The van der Waals surface area contributed by atoms with Crippen LogP contribution >= 0.6 is 0 Å². The minimum absolute atomic E-state index is 0.443. The van der Waals surface area contributed by atoms with E-state index in [0.29, 0.717) is 18.8 Å². The number of carbonyl (C=O) groups excluding carboxylic acids is 2. The molecule has 20 heavy (non-hydrogen) atoms. The number of nitrogens with zero attached hydrogens (tertiary/aromatic N) is 2. The van der Waals surface area contributed by atoms with Gasteiger partial charge >= 0.3 is 11.8 Å².